The summed E-state index contributed by atoms with van der Waals surface area (Å²) in [7, 11) is 1.64. The van der Waals surface area contributed by atoms with Crippen LogP contribution in [-0.4, -0.2) is 30.3 Å². The maximum absolute atomic E-state index is 13.2. The summed E-state index contributed by atoms with van der Waals surface area (Å²) in [6.07, 6.45) is -0.657. The van der Waals surface area contributed by atoms with E-state index < -0.39 is 23.7 Å². The minimum Gasteiger partial charge on any atom is -0.477 e. The van der Waals surface area contributed by atoms with E-state index in [-0.39, 0.29) is 15.9 Å². The predicted octanol–water partition coefficient (Wildman–Crippen LogP) is 4.01. The largest absolute Gasteiger partial charge is 0.477 e. The van der Waals surface area contributed by atoms with Gasteiger partial charge in [-0.25, -0.2) is 13.6 Å². The Balaban J connectivity index is 2.21. The van der Waals surface area contributed by atoms with Gasteiger partial charge >= 0.3 is 5.97 Å². The number of carboxylic acids is 1. The van der Waals surface area contributed by atoms with Gasteiger partial charge in [-0.3, -0.25) is 0 Å². The molecule has 0 saturated carbocycles. The van der Waals surface area contributed by atoms with Crippen molar-refractivity contribution in [2.45, 2.75) is 45.0 Å². The Morgan fingerprint density at radius 2 is 2.08 bits per heavy atom. The number of benzene rings is 1. The third kappa shape index (κ3) is 2.36. The lowest BCUT2D eigenvalue weighted by Crippen LogP contribution is -2.32. The number of halogens is 2. The molecule has 1 aromatic carbocycles. The number of fused-ring (bicyclic) bond motifs is 1. The summed E-state index contributed by atoms with van der Waals surface area (Å²) in [5.74, 6) is -1.12. The van der Waals surface area contributed by atoms with Crippen LogP contribution in [0.25, 0.3) is 0 Å². The minimum absolute atomic E-state index is 0.00174. The molecule has 128 valence electrons. The molecule has 0 amide bonds. The third-order valence-electron chi connectivity index (χ3n) is 5.02. The number of carbonyl (C=O) groups is 1. The molecule has 6 heteroatoms. The smallest absolute Gasteiger partial charge is 0.343 e. The first-order valence-corrected chi connectivity index (χ1v) is 7.92. The van der Waals surface area contributed by atoms with Crippen LogP contribution in [0.4, 0.5) is 14.5 Å². The van der Waals surface area contributed by atoms with Crippen LogP contribution in [0.5, 0.6) is 0 Å². The summed E-state index contributed by atoms with van der Waals surface area (Å²) in [4.78, 5) is 11.3. The number of carboxylic acid groups (broad SMARTS) is 1. The molecule has 2 aliphatic rings. The van der Waals surface area contributed by atoms with Gasteiger partial charge in [0.25, 0.3) is 6.43 Å². The van der Waals surface area contributed by atoms with E-state index in [1.54, 1.807) is 7.05 Å². The number of hydrogen-bond acceptors (Lipinski definition) is 2. The minimum atomic E-state index is -2.92. The first kappa shape index (κ1) is 16.8. The van der Waals surface area contributed by atoms with Crippen molar-refractivity contribution >= 4 is 17.4 Å². The molecule has 1 N–H and O–H groups in total. The van der Waals surface area contributed by atoms with Crippen LogP contribution in [0.3, 0.4) is 0 Å². The van der Waals surface area contributed by atoms with Gasteiger partial charge in [0, 0.05) is 11.6 Å². The van der Waals surface area contributed by atoms with Gasteiger partial charge in [-0.2, -0.15) is 0 Å². The maximum Gasteiger partial charge on any atom is 0.343 e. The quantitative estimate of drug-likeness (QED) is 0.849. The van der Waals surface area contributed by atoms with E-state index in [0.717, 1.165) is 17.7 Å². The molecule has 4 nitrogen and oxygen atoms in total. The number of quaternary nitrogens is 1. The second-order valence-electron chi connectivity index (χ2n) is 7.39. The predicted molar refractivity (Wildman–Crippen MR) is 89.4 cm³/mol. The number of hydrogen-bond donors (Lipinski definition) is 1. The molecule has 0 spiro atoms. The van der Waals surface area contributed by atoms with Crippen LogP contribution < -0.4 is 4.59 Å². The fourth-order valence-electron chi connectivity index (χ4n) is 4.11. The number of alkyl halides is 2. The van der Waals surface area contributed by atoms with Gasteiger partial charge in [0.1, 0.15) is 18.8 Å². The van der Waals surface area contributed by atoms with Crippen LogP contribution in [-0.2, 0) is 10.2 Å². The van der Waals surface area contributed by atoms with Gasteiger partial charge in [0.05, 0.1) is 0 Å². The molecule has 1 unspecified atom stereocenters. The van der Waals surface area contributed by atoms with Crippen LogP contribution in [0.2, 0.25) is 0 Å². The Morgan fingerprint density at radius 1 is 1.42 bits per heavy atom. The van der Waals surface area contributed by atoms with Crippen LogP contribution in [0, 0.1) is 0 Å². The molecule has 0 radical (unpaired) electrons. The average Bonchev–Trinajstić information content (AvgIpc) is 2.96. The molecular weight excluding hydrogens is 314 g/mol. The number of rotatable bonds is 3. The van der Waals surface area contributed by atoms with E-state index in [9.17, 15) is 18.7 Å². The Kier molecular flexibility index (Phi) is 3.64. The van der Waals surface area contributed by atoms with Crippen LogP contribution >= 0.6 is 0 Å². The molecule has 0 aromatic heterocycles. The third-order valence-corrected chi connectivity index (χ3v) is 5.02. The lowest BCUT2D eigenvalue weighted by Gasteiger charge is -2.24. The zero-order valence-electron chi connectivity index (χ0n) is 14.2. The standard InChI is InChI=1S/C18H20F2N2O2/c1-10-8-18(2,3)12-6-5-7-13(14(10)12)22(4)9-11(17(23)24)15(21-22)16(19)20/h5-7,9-10,16H,8H2,1-4H3/p+1/t10?,22-/m1/s1. The Morgan fingerprint density at radius 3 is 2.62 bits per heavy atom. The number of aliphatic carboxylic acids is 1. The molecule has 1 aliphatic carbocycles. The van der Waals surface area contributed by atoms with Gasteiger partial charge in [-0.1, -0.05) is 38.0 Å². The lowest BCUT2D eigenvalue weighted by molar-refractivity contribution is -0.132. The molecule has 0 bridgehead atoms. The second-order valence-corrected chi connectivity index (χ2v) is 7.39. The summed E-state index contributed by atoms with van der Waals surface area (Å²) in [5.41, 5.74) is 1.95. The van der Waals surface area contributed by atoms with E-state index in [4.69, 9.17) is 0 Å². The molecule has 2 atom stereocenters. The molecule has 24 heavy (non-hydrogen) atoms. The van der Waals surface area contributed by atoms with Gasteiger partial charge in [0.15, 0.2) is 11.4 Å². The van der Waals surface area contributed by atoms with Gasteiger partial charge in [-0.05, 0) is 23.3 Å². The van der Waals surface area contributed by atoms with Crippen molar-refractivity contribution in [3.8, 4) is 0 Å². The Labute approximate surface area is 139 Å². The summed E-state index contributed by atoms with van der Waals surface area (Å²) in [5, 5.41) is 13.3. The first-order valence-electron chi connectivity index (χ1n) is 7.92. The molecule has 0 fully saturated rings. The normalized spacial score (nSPS) is 27.9. The van der Waals surface area contributed by atoms with Crippen LogP contribution in [0.1, 0.15) is 44.2 Å². The zero-order valence-corrected chi connectivity index (χ0v) is 14.2. The molecule has 3 rings (SSSR count). The zero-order chi connectivity index (χ0) is 17.9. The Bertz CT molecular complexity index is 783. The highest BCUT2D eigenvalue weighted by Gasteiger charge is 2.45. The Hall–Kier alpha value is -2.08. The van der Waals surface area contributed by atoms with E-state index in [1.807, 2.05) is 12.1 Å². The molecular formula is C18H21F2N2O2+. The van der Waals surface area contributed by atoms with Gasteiger partial charge in [-0.15, -0.1) is 4.59 Å². The average molecular weight is 335 g/mol. The first-order chi connectivity index (χ1) is 11.1. The SMILES string of the molecule is CC1CC(C)(C)c2cccc([N@@+]3(C)C=C(C(=O)O)C(C(F)F)=N3)c21. The van der Waals surface area contributed by atoms with Crippen molar-refractivity contribution in [1.82, 2.24) is 4.59 Å². The number of nitrogens with zero attached hydrogens (tertiary/aromatic N) is 2. The van der Waals surface area contributed by atoms with Crippen molar-refractivity contribution in [3.63, 3.8) is 0 Å². The highest BCUT2D eigenvalue weighted by Crippen LogP contribution is 2.51. The van der Waals surface area contributed by atoms with Crippen molar-refractivity contribution < 1.29 is 18.7 Å². The maximum atomic E-state index is 13.2. The van der Waals surface area contributed by atoms with Gasteiger partial charge in [0.2, 0.25) is 0 Å². The summed E-state index contributed by atoms with van der Waals surface area (Å²) < 4.78 is 26.2. The molecule has 1 aliphatic heterocycles. The fourth-order valence-corrected chi connectivity index (χ4v) is 4.11. The summed E-state index contributed by atoms with van der Waals surface area (Å²) in [6, 6.07) is 5.80. The highest BCUT2D eigenvalue weighted by atomic mass is 19.3. The highest BCUT2D eigenvalue weighted by molar-refractivity contribution is 6.21. The van der Waals surface area contributed by atoms with Crippen molar-refractivity contribution in [1.29, 1.82) is 0 Å². The van der Waals surface area contributed by atoms with E-state index in [0.29, 0.717) is 0 Å². The summed E-state index contributed by atoms with van der Waals surface area (Å²) in [6.45, 7) is 6.43. The molecule has 1 heterocycles. The van der Waals surface area contributed by atoms with E-state index >= 15 is 0 Å². The lowest BCUT2D eigenvalue weighted by atomic mass is 9.86. The summed E-state index contributed by atoms with van der Waals surface area (Å²) >= 11 is 0. The van der Waals surface area contributed by atoms with Crippen molar-refractivity contribution in [2.75, 3.05) is 7.05 Å². The fraction of sp³-hybridized carbons (Fsp3) is 0.444. The van der Waals surface area contributed by atoms with Gasteiger partial charge < -0.3 is 5.11 Å². The van der Waals surface area contributed by atoms with E-state index in [1.165, 1.54) is 11.8 Å². The topological polar surface area (TPSA) is 49.7 Å². The second kappa shape index (κ2) is 5.21. The molecule has 0 saturated heterocycles. The van der Waals surface area contributed by atoms with Crippen molar-refractivity contribution in [3.05, 3.63) is 41.1 Å². The monoisotopic (exact) mass is 335 g/mol. The van der Waals surface area contributed by atoms with Crippen LogP contribution in [0.15, 0.2) is 35.1 Å². The molecule has 1 aromatic rings. The van der Waals surface area contributed by atoms with E-state index in [2.05, 4.69) is 31.9 Å². The van der Waals surface area contributed by atoms with Crippen molar-refractivity contribution in [2.24, 2.45) is 5.10 Å².